The quantitative estimate of drug-likeness (QED) is 0.540. The minimum atomic E-state index is -0.559. The predicted octanol–water partition coefficient (Wildman–Crippen LogP) is 0.588. The van der Waals surface area contributed by atoms with Gasteiger partial charge in [-0.3, -0.25) is 4.79 Å². The van der Waals surface area contributed by atoms with Crippen molar-refractivity contribution in [3.8, 4) is 0 Å². The number of hydrogen-bond donors (Lipinski definition) is 2. The molecule has 19 heavy (non-hydrogen) atoms. The number of rotatable bonds is 11. The molecule has 0 heterocycles. The maximum atomic E-state index is 12.0. The molecule has 0 aromatic carbocycles. The van der Waals surface area contributed by atoms with Gasteiger partial charge in [0.25, 0.3) is 0 Å². The molecule has 0 saturated heterocycles. The Morgan fingerprint density at radius 1 is 1.47 bits per heavy atom. The highest BCUT2D eigenvalue weighted by Gasteiger charge is 2.49. The van der Waals surface area contributed by atoms with Crippen molar-refractivity contribution in [2.75, 3.05) is 39.9 Å². The number of nitrogens with zero attached hydrogens (tertiary/aromatic N) is 1. The van der Waals surface area contributed by atoms with Crippen LogP contribution in [0.3, 0.4) is 0 Å². The zero-order chi connectivity index (χ0) is 14.3. The Bertz CT molecular complexity index is 282. The van der Waals surface area contributed by atoms with Crippen LogP contribution in [0.2, 0.25) is 0 Å². The molecule has 0 bridgehead atoms. The van der Waals surface area contributed by atoms with E-state index in [1.54, 1.807) is 0 Å². The number of primary amides is 1. The van der Waals surface area contributed by atoms with E-state index in [0.717, 1.165) is 39.0 Å². The van der Waals surface area contributed by atoms with Crippen LogP contribution in [0.4, 0.5) is 0 Å². The first-order valence-electron chi connectivity index (χ1n) is 7.38. The zero-order valence-electron chi connectivity index (χ0n) is 12.6. The van der Waals surface area contributed by atoms with Crippen LogP contribution in [0.15, 0.2) is 0 Å². The Kier molecular flexibility index (Phi) is 6.75. The number of carbonyl (C=O) groups excluding carboxylic acids is 1. The number of likely N-dealkylation sites (N-methyl/N-ethyl adjacent to an activating group) is 1. The molecule has 0 aromatic rings. The van der Waals surface area contributed by atoms with Gasteiger partial charge >= 0.3 is 0 Å². The standard InChI is InChI=1S/C14H29N3O2/c1-4-8-16-14(13(15)18,12-6-7-12)11-17(3)9-10-19-5-2/h12,16H,4-11H2,1-3H3,(H2,15,18). The third-order valence-corrected chi connectivity index (χ3v) is 3.75. The van der Waals surface area contributed by atoms with E-state index in [2.05, 4.69) is 17.1 Å². The van der Waals surface area contributed by atoms with Crippen LogP contribution in [0, 0.1) is 5.92 Å². The Labute approximate surface area is 116 Å². The monoisotopic (exact) mass is 271 g/mol. The Hall–Kier alpha value is -0.650. The molecule has 3 N–H and O–H groups in total. The van der Waals surface area contributed by atoms with Crippen molar-refractivity contribution in [2.24, 2.45) is 11.7 Å². The molecule has 5 heteroatoms. The second kappa shape index (κ2) is 7.82. The van der Waals surface area contributed by atoms with Gasteiger partial charge in [-0.05, 0) is 45.7 Å². The van der Waals surface area contributed by atoms with Crippen molar-refractivity contribution in [1.82, 2.24) is 10.2 Å². The molecule has 1 amide bonds. The average molecular weight is 271 g/mol. The Morgan fingerprint density at radius 2 is 2.16 bits per heavy atom. The van der Waals surface area contributed by atoms with Crippen LogP contribution in [-0.4, -0.2) is 56.2 Å². The van der Waals surface area contributed by atoms with Gasteiger partial charge in [-0.1, -0.05) is 6.92 Å². The fourth-order valence-corrected chi connectivity index (χ4v) is 2.49. The highest BCUT2D eigenvalue weighted by atomic mass is 16.5. The van der Waals surface area contributed by atoms with Gasteiger partial charge in [0, 0.05) is 19.7 Å². The van der Waals surface area contributed by atoms with Crippen LogP contribution in [0.5, 0.6) is 0 Å². The lowest BCUT2D eigenvalue weighted by Gasteiger charge is -2.35. The maximum Gasteiger partial charge on any atom is 0.239 e. The summed E-state index contributed by atoms with van der Waals surface area (Å²) in [4.78, 5) is 14.1. The molecular weight excluding hydrogens is 242 g/mol. The van der Waals surface area contributed by atoms with Gasteiger partial charge < -0.3 is 20.7 Å². The largest absolute Gasteiger partial charge is 0.380 e. The van der Waals surface area contributed by atoms with E-state index >= 15 is 0 Å². The summed E-state index contributed by atoms with van der Waals surface area (Å²) in [6.45, 7) is 7.83. The first-order chi connectivity index (χ1) is 9.06. The van der Waals surface area contributed by atoms with E-state index in [1.165, 1.54) is 0 Å². The fourth-order valence-electron chi connectivity index (χ4n) is 2.49. The van der Waals surface area contributed by atoms with E-state index < -0.39 is 5.54 Å². The van der Waals surface area contributed by atoms with Crippen molar-refractivity contribution in [1.29, 1.82) is 0 Å². The summed E-state index contributed by atoms with van der Waals surface area (Å²) in [5.41, 5.74) is 5.14. The van der Waals surface area contributed by atoms with Crippen molar-refractivity contribution in [3.63, 3.8) is 0 Å². The summed E-state index contributed by atoms with van der Waals surface area (Å²) in [7, 11) is 2.02. The SMILES string of the molecule is CCCNC(CN(C)CCOCC)(C(N)=O)C1CC1. The van der Waals surface area contributed by atoms with Gasteiger partial charge in [-0.25, -0.2) is 0 Å². The number of nitrogens with two attached hydrogens (primary N) is 1. The minimum Gasteiger partial charge on any atom is -0.380 e. The molecular formula is C14H29N3O2. The molecule has 5 nitrogen and oxygen atoms in total. The highest BCUT2D eigenvalue weighted by molar-refractivity contribution is 5.86. The number of hydrogen-bond acceptors (Lipinski definition) is 4. The Balaban J connectivity index is 2.59. The van der Waals surface area contributed by atoms with Crippen molar-refractivity contribution >= 4 is 5.91 Å². The molecule has 1 aliphatic carbocycles. The number of carbonyl (C=O) groups is 1. The second-order valence-corrected chi connectivity index (χ2v) is 5.47. The first-order valence-corrected chi connectivity index (χ1v) is 7.38. The van der Waals surface area contributed by atoms with Crippen LogP contribution < -0.4 is 11.1 Å². The first kappa shape index (κ1) is 16.4. The molecule has 0 aliphatic heterocycles. The third-order valence-electron chi connectivity index (χ3n) is 3.75. The van der Waals surface area contributed by atoms with Gasteiger partial charge in [-0.2, -0.15) is 0 Å². The van der Waals surface area contributed by atoms with Gasteiger partial charge in [0.15, 0.2) is 0 Å². The van der Waals surface area contributed by atoms with Crippen molar-refractivity contribution in [3.05, 3.63) is 0 Å². The molecule has 1 rings (SSSR count). The van der Waals surface area contributed by atoms with Crippen molar-refractivity contribution < 1.29 is 9.53 Å². The van der Waals surface area contributed by atoms with Crippen molar-refractivity contribution in [2.45, 2.75) is 38.6 Å². The Morgan fingerprint density at radius 3 is 2.63 bits per heavy atom. The van der Waals surface area contributed by atoms with E-state index in [-0.39, 0.29) is 5.91 Å². The molecule has 0 aromatic heterocycles. The number of nitrogens with one attached hydrogen (secondary N) is 1. The summed E-state index contributed by atoms with van der Waals surface area (Å²) in [5.74, 6) is 0.179. The minimum absolute atomic E-state index is 0.216. The maximum absolute atomic E-state index is 12.0. The van der Waals surface area contributed by atoms with Crippen LogP contribution >= 0.6 is 0 Å². The number of ether oxygens (including phenoxy) is 1. The summed E-state index contributed by atoms with van der Waals surface area (Å²) in [5, 5.41) is 3.41. The molecule has 112 valence electrons. The summed E-state index contributed by atoms with van der Waals surface area (Å²) >= 11 is 0. The second-order valence-electron chi connectivity index (χ2n) is 5.47. The van der Waals surface area contributed by atoms with Gasteiger partial charge in [0.2, 0.25) is 5.91 Å². The molecule has 1 atom stereocenters. The van der Waals surface area contributed by atoms with Crippen LogP contribution in [-0.2, 0) is 9.53 Å². The van der Waals surface area contributed by atoms with Gasteiger partial charge in [0.05, 0.1) is 6.61 Å². The van der Waals surface area contributed by atoms with E-state index in [1.807, 2.05) is 14.0 Å². The smallest absolute Gasteiger partial charge is 0.239 e. The van der Waals surface area contributed by atoms with E-state index in [0.29, 0.717) is 19.1 Å². The average Bonchev–Trinajstić information content (AvgIpc) is 3.19. The van der Waals surface area contributed by atoms with Gasteiger partial charge in [-0.15, -0.1) is 0 Å². The molecule has 1 fully saturated rings. The van der Waals surface area contributed by atoms with E-state index in [9.17, 15) is 4.79 Å². The third kappa shape index (κ3) is 4.75. The lowest BCUT2D eigenvalue weighted by Crippen LogP contribution is -2.63. The lowest BCUT2D eigenvalue weighted by atomic mass is 9.91. The fraction of sp³-hybridized carbons (Fsp3) is 0.929. The summed E-state index contributed by atoms with van der Waals surface area (Å²) < 4.78 is 5.36. The lowest BCUT2D eigenvalue weighted by molar-refractivity contribution is -0.126. The molecule has 0 spiro atoms. The predicted molar refractivity (Wildman–Crippen MR) is 76.9 cm³/mol. The molecule has 1 unspecified atom stereocenters. The molecule has 1 aliphatic rings. The normalized spacial score (nSPS) is 18.5. The summed E-state index contributed by atoms with van der Waals surface area (Å²) in [6.07, 6.45) is 3.20. The van der Waals surface area contributed by atoms with E-state index in [4.69, 9.17) is 10.5 Å². The zero-order valence-corrected chi connectivity index (χ0v) is 12.6. The topological polar surface area (TPSA) is 67.6 Å². The van der Waals surface area contributed by atoms with Crippen LogP contribution in [0.1, 0.15) is 33.1 Å². The molecule has 0 radical (unpaired) electrons. The van der Waals surface area contributed by atoms with Crippen LogP contribution in [0.25, 0.3) is 0 Å². The highest BCUT2D eigenvalue weighted by Crippen LogP contribution is 2.40. The van der Waals surface area contributed by atoms with Gasteiger partial charge in [0.1, 0.15) is 5.54 Å². The summed E-state index contributed by atoms with van der Waals surface area (Å²) in [6, 6.07) is 0. The number of amides is 1. The molecule has 1 saturated carbocycles.